The first kappa shape index (κ1) is 19.6. The minimum absolute atomic E-state index is 0.0208. The molecular formula is C13H22N4O5. The molecule has 0 aliphatic rings. The van der Waals surface area contributed by atoms with E-state index >= 15 is 0 Å². The van der Waals surface area contributed by atoms with Gasteiger partial charge in [-0.25, -0.2) is 9.78 Å². The average Bonchev–Trinajstić information content (AvgIpc) is 2.89. The summed E-state index contributed by atoms with van der Waals surface area (Å²) in [6, 6.07) is -1.63. The maximum absolute atomic E-state index is 10.7. The van der Waals surface area contributed by atoms with E-state index in [0.29, 0.717) is 5.69 Å². The fraction of sp³-hybridized carbons (Fsp3) is 0.538. The Morgan fingerprint density at radius 1 is 1.32 bits per heavy atom. The molecule has 0 radical (unpaired) electrons. The molecule has 9 nitrogen and oxygen atoms in total. The minimum Gasteiger partial charge on any atom is -0.480 e. The van der Waals surface area contributed by atoms with E-state index in [1.54, 1.807) is 20.0 Å². The lowest BCUT2D eigenvalue weighted by Gasteiger charge is -2.10. The molecule has 6 N–H and O–H groups in total. The number of nitrogens with one attached hydrogen (secondary N) is 2. The molecule has 0 aliphatic heterocycles. The summed E-state index contributed by atoms with van der Waals surface area (Å²) in [5.74, 6) is -2.34. The van der Waals surface area contributed by atoms with Gasteiger partial charge in [0.1, 0.15) is 12.1 Å². The zero-order valence-electron chi connectivity index (χ0n) is 12.7. The number of aromatic amines is 1. The number of rotatable bonds is 6. The predicted octanol–water partition coefficient (Wildman–Crippen LogP) is -0.404. The largest absolute Gasteiger partial charge is 0.480 e. The first-order chi connectivity index (χ1) is 10.1. The van der Waals surface area contributed by atoms with Gasteiger partial charge >= 0.3 is 11.9 Å². The number of nitrogens with zero attached hydrogens (tertiary/aromatic N) is 1. The number of imidazole rings is 1. The predicted molar refractivity (Wildman–Crippen MR) is 78.0 cm³/mol. The molecule has 1 aromatic rings. The van der Waals surface area contributed by atoms with Crippen molar-refractivity contribution in [1.82, 2.24) is 15.3 Å². The fourth-order valence-corrected chi connectivity index (χ4v) is 1.34. The molecular weight excluding hydrogens is 292 g/mol. The maximum Gasteiger partial charge on any atom is 0.326 e. The van der Waals surface area contributed by atoms with Gasteiger partial charge in [0.25, 0.3) is 0 Å². The normalized spacial score (nSPS) is 12.8. The van der Waals surface area contributed by atoms with Gasteiger partial charge in [0, 0.05) is 19.5 Å². The van der Waals surface area contributed by atoms with Crippen molar-refractivity contribution in [2.24, 2.45) is 11.7 Å². The highest BCUT2D eigenvalue weighted by molar-refractivity contribution is 5.82. The van der Waals surface area contributed by atoms with Gasteiger partial charge in [-0.05, 0) is 5.92 Å². The molecule has 0 spiro atoms. The van der Waals surface area contributed by atoms with Gasteiger partial charge in [-0.1, -0.05) is 13.8 Å². The second kappa shape index (κ2) is 9.50. The van der Waals surface area contributed by atoms with Gasteiger partial charge in [0.05, 0.1) is 12.0 Å². The molecule has 1 amide bonds. The Bertz CT molecular complexity index is 487. The van der Waals surface area contributed by atoms with Crippen LogP contribution in [0.1, 0.15) is 26.5 Å². The highest BCUT2D eigenvalue weighted by atomic mass is 16.4. The van der Waals surface area contributed by atoms with Crippen LogP contribution >= 0.6 is 0 Å². The zero-order chi connectivity index (χ0) is 17.3. The number of nitrogens with two attached hydrogens (primary N) is 1. The first-order valence-corrected chi connectivity index (χ1v) is 6.61. The SMILES string of the molecule is CC(=O)N[C@@H](Cc1c[nH]cn1)C(=O)O.CC(C)[C@H](N)C(=O)O. The van der Waals surface area contributed by atoms with Crippen LogP contribution in [0, 0.1) is 5.92 Å². The summed E-state index contributed by atoms with van der Waals surface area (Å²) in [7, 11) is 0. The van der Waals surface area contributed by atoms with E-state index < -0.39 is 24.0 Å². The molecule has 1 heterocycles. The average molecular weight is 314 g/mol. The second-order valence-electron chi connectivity index (χ2n) is 4.96. The molecule has 0 fully saturated rings. The lowest BCUT2D eigenvalue weighted by atomic mass is 10.1. The standard InChI is InChI=1S/C8H11N3O3.C5H11NO2/c1-5(12)11-7(8(13)14)2-6-3-9-4-10-6;1-3(2)4(6)5(7)8/h3-4,7H,2H2,1H3,(H,9,10)(H,11,12)(H,13,14);3-4H,6H2,1-2H3,(H,7,8)/t7-;4-/m00/s1. The molecule has 0 saturated carbocycles. The number of hydrogen-bond acceptors (Lipinski definition) is 5. The summed E-state index contributed by atoms with van der Waals surface area (Å²) in [6.45, 7) is 4.83. The van der Waals surface area contributed by atoms with Crippen molar-refractivity contribution < 1.29 is 24.6 Å². The van der Waals surface area contributed by atoms with Crippen molar-refractivity contribution in [2.75, 3.05) is 0 Å². The molecule has 1 aromatic heterocycles. The van der Waals surface area contributed by atoms with E-state index in [0.717, 1.165) is 0 Å². The smallest absolute Gasteiger partial charge is 0.326 e. The van der Waals surface area contributed by atoms with Crippen LogP contribution in [0.2, 0.25) is 0 Å². The van der Waals surface area contributed by atoms with Gasteiger partial charge in [0.15, 0.2) is 0 Å². The van der Waals surface area contributed by atoms with Crippen molar-refractivity contribution in [2.45, 2.75) is 39.3 Å². The van der Waals surface area contributed by atoms with Gasteiger partial charge in [-0.15, -0.1) is 0 Å². The van der Waals surface area contributed by atoms with Crippen LogP contribution in [0.15, 0.2) is 12.5 Å². The van der Waals surface area contributed by atoms with Crippen LogP contribution in [0.3, 0.4) is 0 Å². The number of aromatic nitrogens is 2. The zero-order valence-corrected chi connectivity index (χ0v) is 12.7. The maximum atomic E-state index is 10.7. The van der Waals surface area contributed by atoms with Crippen molar-refractivity contribution in [3.8, 4) is 0 Å². The van der Waals surface area contributed by atoms with Crippen LogP contribution in [0.4, 0.5) is 0 Å². The number of carboxylic acid groups (broad SMARTS) is 2. The molecule has 124 valence electrons. The number of H-pyrrole nitrogens is 1. The molecule has 0 bridgehead atoms. The van der Waals surface area contributed by atoms with Crippen molar-refractivity contribution >= 4 is 17.8 Å². The van der Waals surface area contributed by atoms with Crippen LogP contribution in [0.5, 0.6) is 0 Å². The third-order valence-corrected chi connectivity index (χ3v) is 2.65. The molecule has 1 rings (SSSR count). The van der Waals surface area contributed by atoms with E-state index in [-0.39, 0.29) is 18.2 Å². The molecule has 0 aliphatic carbocycles. The summed E-state index contributed by atoms with van der Waals surface area (Å²) in [6.07, 6.45) is 3.23. The summed E-state index contributed by atoms with van der Waals surface area (Å²) in [5, 5.41) is 19.3. The number of carbonyl (C=O) groups excluding carboxylic acids is 1. The van der Waals surface area contributed by atoms with Crippen LogP contribution < -0.4 is 11.1 Å². The summed E-state index contributed by atoms with van der Waals surface area (Å²) < 4.78 is 0. The highest BCUT2D eigenvalue weighted by Crippen LogP contribution is 1.98. The number of hydrogen-bond donors (Lipinski definition) is 5. The van der Waals surface area contributed by atoms with Gasteiger partial charge in [0.2, 0.25) is 5.91 Å². The van der Waals surface area contributed by atoms with Crippen molar-refractivity contribution in [1.29, 1.82) is 0 Å². The van der Waals surface area contributed by atoms with Gasteiger partial charge < -0.3 is 26.2 Å². The number of aliphatic carboxylic acids is 2. The molecule has 0 aromatic carbocycles. The Labute approximate surface area is 127 Å². The van der Waals surface area contributed by atoms with E-state index in [4.69, 9.17) is 15.9 Å². The molecule has 0 unspecified atom stereocenters. The van der Waals surface area contributed by atoms with Gasteiger partial charge in [-0.3, -0.25) is 9.59 Å². The molecule has 2 atom stereocenters. The number of amides is 1. The number of carbonyl (C=O) groups is 3. The monoisotopic (exact) mass is 314 g/mol. The summed E-state index contributed by atoms with van der Waals surface area (Å²) in [5.41, 5.74) is 5.76. The van der Waals surface area contributed by atoms with E-state index in [2.05, 4.69) is 15.3 Å². The third-order valence-electron chi connectivity index (χ3n) is 2.65. The van der Waals surface area contributed by atoms with E-state index in [9.17, 15) is 14.4 Å². The van der Waals surface area contributed by atoms with Crippen LogP contribution in [-0.4, -0.2) is 50.1 Å². The topological polar surface area (TPSA) is 158 Å². The molecule has 0 saturated heterocycles. The lowest BCUT2D eigenvalue weighted by molar-refractivity contribution is -0.141. The van der Waals surface area contributed by atoms with E-state index in [1.807, 2.05) is 0 Å². The van der Waals surface area contributed by atoms with E-state index in [1.165, 1.54) is 13.3 Å². The van der Waals surface area contributed by atoms with Crippen molar-refractivity contribution in [3.63, 3.8) is 0 Å². The van der Waals surface area contributed by atoms with Crippen LogP contribution in [-0.2, 0) is 20.8 Å². The third kappa shape index (κ3) is 8.00. The summed E-state index contributed by atoms with van der Waals surface area (Å²) >= 11 is 0. The molecule has 22 heavy (non-hydrogen) atoms. The minimum atomic E-state index is -1.07. The Morgan fingerprint density at radius 2 is 1.91 bits per heavy atom. The quantitative estimate of drug-likeness (QED) is 0.477. The Kier molecular flexibility index (Phi) is 8.46. The number of carboxylic acids is 2. The first-order valence-electron chi connectivity index (χ1n) is 6.61. The van der Waals surface area contributed by atoms with Crippen molar-refractivity contribution in [3.05, 3.63) is 18.2 Å². The highest BCUT2D eigenvalue weighted by Gasteiger charge is 2.19. The molecule has 9 heteroatoms. The Balaban J connectivity index is 0.000000472. The lowest BCUT2D eigenvalue weighted by Crippen LogP contribution is -2.41. The van der Waals surface area contributed by atoms with Crippen LogP contribution in [0.25, 0.3) is 0 Å². The second-order valence-corrected chi connectivity index (χ2v) is 4.96. The summed E-state index contributed by atoms with van der Waals surface area (Å²) in [4.78, 5) is 38.0. The van der Waals surface area contributed by atoms with Gasteiger partial charge in [-0.2, -0.15) is 0 Å². The fourth-order valence-electron chi connectivity index (χ4n) is 1.34. The Morgan fingerprint density at radius 3 is 2.18 bits per heavy atom. The Hall–Kier alpha value is -2.42.